The van der Waals surface area contributed by atoms with Crippen LogP contribution in [-0.2, 0) is 11.3 Å². The first-order chi connectivity index (χ1) is 14.7. The second-order valence-electron chi connectivity index (χ2n) is 7.72. The molecular weight excluding hydrogens is 396 g/mol. The van der Waals surface area contributed by atoms with Gasteiger partial charge >= 0.3 is 0 Å². The SMILES string of the molecule is CSc1ccccc1CN1CCC(CNC(=O)/C=C/c2ccc3c(c2)OCO3)CC1. The summed E-state index contributed by atoms with van der Waals surface area (Å²) in [5.74, 6) is 1.97. The largest absolute Gasteiger partial charge is 0.454 e. The molecule has 2 aliphatic rings. The number of thioether (sulfide) groups is 1. The molecule has 1 fully saturated rings. The van der Waals surface area contributed by atoms with Crippen LogP contribution in [0, 0.1) is 5.92 Å². The van der Waals surface area contributed by atoms with Crippen molar-refractivity contribution < 1.29 is 14.3 Å². The molecule has 0 radical (unpaired) electrons. The number of rotatable bonds is 7. The fourth-order valence-corrected chi connectivity index (χ4v) is 4.53. The Morgan fingerprint density at radius 1 is 1.17 bits per heavy atom. The zero-order valence-corrected chi connectivity index (χ0v) is 18.1. The lowest BCUT2D eigenvalue weighted by Crippen LogP contribution is -2.38. The molecule has 2 heterocycles. The van der Waals surface area contributed by atoms with Crippen LogP contribution in [0.5, 0.6) is 11.5 Å². The molecule has 2 aromatic rings. The van der Waals surface area contributed by atoms with Gasteiger partial charge in [-0.1, -0.05) is 24.3 Å². The molecule has 0 unspecified atom stereocenters. The van der Waals surface area contributed by atoms with Crippen molar-refractivity contribution in [2.24, 2.45) is 5.92 Å². The second-order valence-corrected chi connectivity index (χ2v) is 8.57. The zero-order valence-electron chi connectivity index (χ0n) is 17.3. The third kappa shape index (κ3) is 5.37. The van der Waals surface area contributed by atoms with Gasteiger partial charge in [0.25, 0.3) is 0 Å². The number of hydrogen-bond donors (Lipinski definition) is 1. The minimum Gasteiger partial charge on any atom is -0.454 e. The number of amides is 1. The Bertz CT molecular complexity index is 907. The Balaban J connectivity index is 1.19. The molecule has 1 N–H and O–H groups in total. The number of benzene rings is 2. The number of carbonyl (C=O) groups excluding carboxylic acids is 1. The van der Waals surface area contributed by atoms with Crippen molar-refractivity contribution in [3.05, 3.63) is 59.7 Å². The Kier molecular flexibility index (Phi) is 6.97. The summed E-state index contributed by atoms with van der Waals surface area (Å²) in [6.45, 7) is 4.16. The Morgan fingerprint density at radius 3 is 2.80 bits per heavy atom. The van der Waals surface area contributed by atoms with Gasteiger partial charge in [0.1, 0.15) is 0 Å². The summed E-state index contributed by atoms with van der Waals surface area (Å²) in [6, 6.07) is 14.3. The molecule has 1 saturated heterocycles. The van der Waals surface area contributed by atoms with E-state index in [0.717, 1.165) is 56.1 Å². The van der Waals surface area contributed by atoms with E-state index in [-0.39, 0.29) is 12.7 Å². The lowest BCUT2D eigenvalue weighted by Gasteiger charge is -2.32. The van der Waals surface area contributed by atoms with E-state index < -0.39 is 0 Å². The van der Waals surface area contributed by atoms with Gasteiger partial charge in [0.15, 0.2) is 11.5 Å². The van der Waals surface area contributed by atoms with Gasteiger partial charge < -0.3 is 14.8 Å². The molecule has 158 valence electrons. The van der Waals surface area contributed by atoms with E-state index in [1.807, 2.05) is 36.0 Å². The number of ether oxygens (including phenoxy) is 2. The van der Waals surface area contributed by atoms with Gasteiger partial charge in [0.05, 0.1) is 0 Å². The predicted octanol–water partition coefficient (Wildman–Crippen LogP) is 4.18. The van der Waals surface area contributed by atoms with Crippen LogP contribution in [0.4, 0.5) is 0 Å². The number of nitrogens with one attached hydrogen (secondary N) is 1. The highest BCUT2D eigenvalue weighted by atomic mass is 32.2. The summed E-state index contributed by atoms with van der Waals surface area (Å²) >= 11 is 1.81. The van der Waals surface area contributed by atoms with Crippen LogP contribution in [0.3, 0.4) is 0 Å². The van der Waals surface area contributed by atoms with E-state index in [0.29, 0.717) is 5.92 Å². The van der Waals surface area contributed by atoms with Crippen molar-refractivity contribution in [1.82, 2.24) is 10.2 Å². The molecular formula is C24H28N2O3S. The smallest absolute Gasteiger partial charge is 0.244 e. The third-order valence-electron chi connectivity index (χ3n) is 5.68. The van der Waals surface area contributed by atoms with E-state index in [1.165, 1.54) is 10.5 Å². The number of likely N-dealkylation sites (tertiary alicyclic amines) is 1. The number of nitrogens with zero attached hydrogens (tertiary/aromatic N) is 1. The molecule has 4 rings (SSSR count). The average molecular weight is 425 g/mol. The normalized spacial score (nSPS) is 16.8. The molecule has 0 atom stereocenters. The Labute approximate surface area is 182 Å². The van der Waals surface area contributed by atoms with Gasteiger partial charge in [0, 0.05) is 24.1 Å². The molecule has 0 bridgehead atoms. The van der Waals surface area contributed by atoms with E-state index >= 15 is 0 Å². The number of carbonyl (C=O) groups is 1. The third-order valence-corrected chi connectivity index (χ3v) is 6.52. The first-order valence-electron chi connectivity index (χ1n) is 10.4. The van der Waals surface area contributed by atoms with Crippen LogP contribution < -0.4 is 14.8 Å². The summed E-state index contributed by atoms with van der Waals surface area (Å²) in [5.41, 5.74) is 2.33. The topological polar surface area (TPSA) is 50.8 Å². The maximum absolute atomic E-state index is 12.2. The monoisotopic (exact) mass is 424 g/mol. The van der Waals surface area contributed by atoms with E-state index in [1.54, 1.807) is 6.08 Å². The van der Waals surface area contributed by atoms with Crippen molar-refractivity contribution in [2.45, 2.75) is 24.3 Å². The molecule has 0 aliphatic carbocycles. The highest BCUT2D eigenvalue weighted by molar-refractivity contribution is 7.98. The van der Waals surface area contributed by atoms with Crippen molar-refractivity contribution in [1.29, 1.82) is 0 Å². The standard InChI is InChI=1S/C24H28N2O3S/c1-30-23-5-3-2-4-20(23)16-26-12-10-19(11-13-26)15-25-24(27)9-7-18-6-8-21-22(14-18)29-17-28-21/h2-9,14,19H,10-13,15-17H2,1H3,(H,25,27)/b9-7+. The predicted molar refractivity (Wildman–Crippen MR) is 121 cm³/mol. The van der Waals surface area contributed by atoms with Crippen LogP contribution in [0.1, 0.15) is 24.0 Å². The first kappa shape index (κ1) is 20.8. The lowest BCUT2D eigenvalue weighted by atomic mass is 9.96. The van der Waals surface area contributed by atoms with Crippen LogP contribution in [-0.4, -0.2) is 43.5 Å². The van der Waals surface area contributed by atoms with Crippen LogP contribution in [0.25, 0.3) is 6.08 Å². The summed E-state index contributed by atoms with van der Waals surface area (Å²) in [5, 5.41) is 3.05. The minimum absolute atomic E-state index is 0.0519. The van der Waals surface area contributed by atoms with Crippen LogP contribution >= 0.6 is 11.8 Å². The fourth-order valence-electron chi connectivity index (χ4n) is 3.92. The van der Waals surface area contributed by atoms with Crippen molar-refractivity contribution in [2.75, 3.05) is 32.7 Å². The van der Waals surface area contributed by atoms with Gasteiger partial charge in [-0.15, -0.1) is 11.8 Å². The Hall–Kier alpha value is -2.44. The zero-order chi connectivity index (χ0) is 20.8. The molecule has 5 nitrogen and oxygen atoms in total. The van der Waals surface area contributed by atoms with Crippen molar-refractivity contribution in [3.8, 4) is 11.5 Å². The minimum atomic E-state index is -0.0519. The van der Waals surface area contributed by atoms with Gasteiger partial charge in [-0.05, 0) is 73.5 Å². The Morgan fingerprint density at radius 2 is 1.97 bits per heavy atom. The maximum atomic E-state index is 12.2. The summed E-state index contributed by atoms with van der Waals surface area (Å²) in [7, 11) is 0. The first-order valence-corrected chi connectivity index (χ1v) is 11.6. The molecule has 0 saturated carbocycles. The van der Waals surface area contributed by atoms with Crippen LogP contribution in [0.15, 0.2) is 53.4 Å². The number of piperidine rings is 1. The molecule has 30 heavy (non-hydrogen) atoms. The highest BCUT2D eigenvalue weighted by Gasteiger charge is 2.20. The fraction of sp³-hybridized carbons (Fsp3) is 0.375. The highest BCUT2D eigenvalue weighted by Crippen LogP contribution is 2.32. The summed E-state index contributed by atoms with van der Waals surface area (Å²) in [6.07, 6.45) is 7.77. The van der Waals surface area contributed by atoms with Gasteiger partial charge in [-0.2, -0.15) is 0 Å². The molecule has 2 aromatic carbocycles. The summed E-state index contributed by atoms with van der Waals surface area (Å²) < 4.78 is 10.7. The quantitative estimate of drug-likeness (QED) is 0.534. The van der Waals surface area contributed by atoms with Gasteiger partial charge in [0.2, 0.25) is 12.7 Å². The van der Waals surface area contributed by atoms with Gasteiger partial charge in [-0.25, -0.2) is 0 Å². The number of hydrogen-bond acceptors (Lipinski definition) is 5. The molecule has 2 aliphatic heterocycles. The molecule has 1 amide bonds. The molecule has 0 spiro atoms. The molecule has 6 heteroatoms. The second kappa shape index (κ2) is 10.0. The van der Waals surface area contributed by atoms with Gasteiger partial charge in [-0.3, -0.25) is 9.69 Å². The molecule has 0 aromatic heterocycles. The van der Waals surface area contributed by atoms with Crippen molar-refractivity contribution in [3.63, 3.8) is 0 Å². The van der Waals surface area contributed by atoms with Crippen LogP contribution in [0.2, 0.25) is 0 Å². The van der Waals surface area contributed by atoms with Crippen molar-refractivity contribution >= 4 is 23.7 Å². The summed E-state index contributed by atoms with van der Waals surface area (Å²) in [4.78, 5) is 16.1. The van der Waals surface area contributed by atoms with E-state index in [4.69, 9.17) is 9.47 Å². The average Bonchev–Trinajstić information content (AvgIpc) is 3.25. The maximum Gasteiger partial charge on any atom is 0.244 e. The van der Waals surface area contributed by atoms with E-state index in [9.17, 15) is 4.79 Å². The number of fused-ring (bicyclic) bond motifs is 1. The lowest BCUT2D eigenvalue weighted by molar-refractivity contribution is -0.116. The van der Waals surface area contributed by atoms with E-state index in [2.05, 4.69) is 40.7 Å².